The molecule has 0 bridgehead atoms. The largest absolute Gasteiger partial charge is 0.416 e. The molecule has 0 atom stereocenters. The number of benzene rings is 1. The Morgan fingerprint density at radius 2 is 1.72 bits per heavy atom. The van der Waals surface area contributed by atoms with Gasteiger partial charge in [0.2, 0.25) is 0 Å². The first-order valence-corrected chi connectivity index (χ1v) is 6.06. The molecule has 0 unspecified atom stereocenters. The zero-order valence-corrected chi connectivity index (χ0v) is 10.5. The van der Waals surface area contributed by atoms with Crippen LogP contribution in [0.15, 0.2) is 24.3 Å². The highest BCUT2D eigenvalue weighted by atomic mass is 19.4. The highest BCUT2D eigenvalue weighted by molar-refractivity contribution is 5.24. The standard InChI is InChI=1S/C13H19F3N2/c1-2-18(10-8-17)9-7-11-3-5-12(6-4-11)13(14,15)16/h3-6H,2,7-10,17H2,1H3. The molecule has 0 aliphatic heterocycles. The first-order chi connectivity index (χ1) is 8.47. The molecular formula is C13H19F3N2. The van der Waals surface area contributed by atoms with E-state index in [1.807, 2.05) is 6.92 Å². The summed E-state index contributed by atoms with van der Waals surface area (Å²) in [5, 5.41) is 0. The summed E-state index contributed by atoms with van der Waals surface area (Å²) in [6.07, 6.45) is -3.51. The summed E-state index contributed by atoms with van der Waals surface area (Å²) in [6.45, 7) is 5.18. The van der Waals surface area contributed by atoms with Crippen molar-refractivity contribution in [3.63, 3.8) is 0 Å². The SMILES string of the molecule is CCN(CCN)CCc1ccc(C(F)(F)F)cc1. The Bertz CT molecular complexity index is 346. The predicted molar refractivity (Wildman–Crippen MR) is 66.3 cm³/mol. The Balaban J connectivity index is 2.53. The Hall–Kier alpha value is -1.07. The van der Waals surface area contributed by atoms with Gasteiger partial charge < -0.3 is 10.6 Å². The third-order valence-electron chi connectivity index (χ3n) is 2.89. The molecule has 0 amide bonds. The van der Waals surface area contributed by atoms with Crippen LogP contribution in [0.3, 0.4) is 0 Å². The summed E-state index contributed by atoms with van der Waals surface area (Å²) >= 11 is 0. The van der Waals surface area contributed by atoms with Crippen LogP contribution in [0.4, 0.5) is 13.2 Å². The molecule has 1 aromatic rings. The van der Waals surface area contributed by atoms with E-state index in [9.17, 15) is 13.2 Å². The maximum absolute atomic E-state index is 12.4. The van der Waals surface area contributed by atoms with Crippen molar-refractivity contribution in [2.75, 3.05) is 26.2 Å². The fraction of sp³-hybridized carbons (Fsp3) is 0.538. The second kappa shape index (κ2) is 6.75. The van der Waals surface area contributed by atoms with Crippen molar-refractivity contribution in [1.29, 1.82) is 0 Å². The zero-order valence-electron chi connectivity index (χ0n) is 10.5. The number of halogens is 3. The second-order valence-corrected chi connectivity index (χ2v) is 4.17. The number of likely N-dealkylation sites (N-methyl/N-ethyl adjacent to an activating group) is 1. The average Bonchev–Trinajstić information content (AvgIpc) is 2.34. The van der Waals surface area contributed by atoms with Gasteiger partial charge in [-0.2, -0.15) is 13.2 Å². The van der Waals surface area contributed by atoms with Crippen molar-refractivity contribution in [3.8, 4) is 0 Å². The minimum Gasteiger partial charge on any atom is -0.329 e. The van der Waals surface area contributed by atoms with E-state index >= 15 is 0 Å². The van der Waals surface area contributed by atoms with Crippen LogP contribution in [-0.4, -0.2) is 31.1 Å². The lowest BCUT2D eigenvalue weighted by Gasteiger charge is -2.19. The van der Waals surface area contributed by atoms with E-state index in [4.69, 9.17) is 5.73 Å². The Labute approximate surface area is 106 Å². The normalized spacial score (nSPS) is 12.1. The maximum atomic E-state index is 12.4. The monoisotopic (exact) mass is 260 g/mol. The molecule has 5 heteroatoms. The molecule has 0 spiro atoms. The molecule has 0 aliphatic rings. The third kappa shape index (κ3) is 4.66. The van der Waals surface area contributed by atoms with Crippen LogP contribution < -0.4 is 5.73 Å². The number of nitrogens with zero attached hydrogens (tertiary/aromatic N) is 1. The summed E-state index contributed by atoms with van der Waals surface area (Å²) in [5.74, 6) is 0. The van der Waals surface area contributed by atoms with Gasteiger partial charge >= 0.3 is 6.18 Å². The van der Waals surface area contributed by atoms with E-state index in [-0.39, 0.29) is 0 Å². The highest BCUT2D eigenvalue weighted by Gasteiger charge is 2.29. The summed E-state index contributed by atoms with van der Waals surface area (Å²) in [7, 11) is 0. The lowest BCUT2D eigenvalue weighted by Crippen LogP contribution is -2.31. The quantitative estimate of drug-likeness (QED) is 0.851. The minimum absolute atomic E-state index is 0.597. The van der Waals surface area contributed by atoms with E-state index < -0.39 is 11.7 Å². The molecule has 2 nitrogen and oxygen atoms in total. The molecule has 0 saturated carbocycles. The zero-order chi connectivity index (χ0) is 13.6. The van der Waals surface area contributed by atoms with E-state index in [2.05, 4.69) is 4.90 Å². The molecule has 0 fully saturated rings. The van der Waals surface area contributed by atoms with Gasteiger partial charge in [-0.25, -0.2) is 0 Å². The molecule has 0 aliphatic carbocycles. The first kappa shape index (κ1) is 15.0. The first-order valence-electron chi connectivity index (χ1n) is 6.06. The fourth-order valence-electron chi connectivity index (χ4n) is 1.76. The van der Waals surface area contributed by atoms with Crippen molar-refractivity contribution in [2.24, 2.45) is 5.73 Å². The smallest absolute Gasteiger partial charge is 0.329 e. The van der Waals surface area contributed by atoms with Gasteiger partial charge in [0.1, 0.15) is 0 Å². The van der Waals surface area contributed by atoms with Crippen molar-refractivity contribution < 1.29 is 13.2 Å². The van der Waals surface area contributed by atoms with E-state index in [1.165, 1.54) is 0 Å². The van der Waals surface area contributed by atoms with Gasteiger partial charge in [0.15, 0.2) is 0 Å². The van der Waals surface area contributed by atoms with Crippen molar-refractivity contribution in [1.82, 2.24) is 4.90 Å². The Kier molecular flexibility index (Phi) is 5.62. The summed E-state index contributed by atoms with van der Waals surface area (Å²) in [6, 6.07) is 5.35. The molecule has 2 N–H and O–H groups in total. The lowest BCUT2D eigenvalue weighted by molar-refractivity contribution is -0.137. The van der Waals surface area contributed by atoms with Crippen molar-refractivity contribution in [3.05, 3.63) is 35.4 Å². The van der Waals surface area contributed by atoms with Crippen LogP contribution in [-0.2, 0) is 12.6 Å². The van der Waals surface area contributed by atoms with Gasteiger partial charge in [-0.3, -0.25) is 0 Å². The number of nitrogens with two attached hydrogens (primary N) is 1. The van der Waals surface area contributed by atoms with Crippen LogP contribution in [0.5, 0.6) is 0 Å². The van der Waals surface area contributed by atoms with Crippen LogP contribution in [0.25, 0.3) is 0 Å². The molecule has 0 heterocycles. The van der Waals surface area contributed by atoms with E-state index in [1.54, 1.807) is 12.1 Å². The number of hydrogen-bond donors (Lipinski definition) is 1. The highest BCUT2D eigenvalue weighted by Crippen LogP contribution is 2.29. The maximum Gasteiger partial charge on any atom is 0.416 e. The van der Waals surface area contributed by atoms with E-state index in [0.717, 1.165) is 43.8 Å². The van der Waals surface area contributed by atoms with Gasteiger partial charge in [0, 0.05) is 19.6 Å². The summed E-state index contributed by atoms with van der Waals surface area (Å²) in [4.78, 5) is 2.18. The summed E-state index contributed by atoms with van der Waals surface area (Å²) in [5.41, 5.74) is 5.79. The molecule has 18 heavy (non-hydrogen) atoms. The van der Waals surface area contributed by atoms with E-state index in [0.29, 0.717) is 6.54 Å². The van der Waals surface area contributed by atoms with Crippen LogP contribution in [0.2, 0.25) is 0 Å². The van der Waals surface area contributed by atoms with Crippen molar-refractivity contribution in [2.45, 2.75) is 19.5 Å². The van der Waals surface area contributed by atoms with Crippen LogP contribution in [0.1, 0.15) is 18.1 Å². The second-order valence-electron chi connectivity index (χ2n) is 4.17. The molecule has 0 radical (unpaired) electrons. The third-order valence-corrected chi connectivity index (χ3v) is 2.89. The fourth-order valence-corrected chi connectivity index (χ4v) is 1.76. The van der Waals surface area contributed by atoms with Gasteiger partial charge in [0.05, 0.1) is 5.56 Å². The van der Waals surface area contributed by atoms with Gasteiger partial charge in [0.25, 0.3) is 0 Å². The van der Waals surface area contributed by atoms with Gasteiger partial charge in [-0.1, -0.05) is 19.1 Å². The topological polar surface area (TPSA) is 29.3 Å². The molecular weight excluding hydrogens is 241 g/mol. The lowest BCUT2D eigenvalue weighted by atomic mass is 10.1. The Morgan fingerprint density at radius 1 is 1.11 bits per heavy atom. The molecule has 0 saturated heterocycles. The van der Waals surface area contributed by atoms with Gasteiger partial charge in [-0.05, 0) is 30.7 Å². The van der Waals surface area contributed by atoms with Crippen molar-refractivity contribution >= 4 is 0 Å². The predicted octanol–water partition coefficient (Wildman–Crippen LogP) is 2.53. The van der Waals surface area contributed by atoms with Gasteiger partial charge in [-0.15, -0.1) is 0 Å². The average molecular weight is 260 g/mol. The number of hydrogen-bond acceptors (Lipinski definition) is 2. The Morgan fingerprint density at radius 3 is 2.17 bits per heavy atom. The number of rotatable bonds is 6. The molecule has 1 aromatic carbocycles. The molecule has 102 valence electrons. The molecule has 1 rings (SSSR count). The number of alkyl halides is 3. The molecule has 0 aromatic heterocycles. The van der Waals surface area contributed by atoms with Crippen LogP contribution >= 0.6 is 0 Å². The van der Waals surface area contributed by atoms with Crippen LogP contribution in [0, 0.1) is 0 Å². The summed E-state index contributed by atoms with van der Waals surface area (Å²) < 4.78 is 37.1. The minimum atomic E-state index is -4.26.